The van der Waals surface area contributed by atoms with Crippen LogP contribution in [0.5, 0.6) is 0 Å². The number of aliphatic carboxylic acids is 1. The number of amides is 1. The summed E-state index contributed by atoms with van der Waals surface area (Å²) in [6, 6.07) is 6.62. The molecule has 0 spiro atoms. The summed E-state index contributed by atoms with van der Waals surface area (Å²) in [5, 5.41) is 12.3. The van der Waals surface area contributed by atoms with Crippen molar-refractivity contribution in [3.8, 4) is 0 Å². The number of hydrogen-bond donors (Lipinski definition) is 2. The van der Waals surface area contributed by atoms with Crippen molar-refractivity contribution < 1.29 is 14.7 Å². The second-order valence-electron chi connectivity index (χ2n) is 5.21. The minimum atomic E-state index is -0.986. The number of carboxylic acids is 1. The predicted octanol–water partition coefficient (Wildman–Crippen LogP) is 3.19. The third-order valence-corrected chi connectivity index (χ3v) is 4.01. The van der Waals surface area contributed by atoms with E-state index >= 15 is 0 Å². The average Bonchev–Trinajstić information content (AvgIpc) is 2.39. The highest BCUT2D eigenvalue weighted by Crippen LogP contribution is 2.15. The van der Waals surface area contributed by atoms with E-state index in [4.69, 9.17) is 16.7 Å². The maximum absolute atomic E-state index is 11.8. The number of rotatable bonds is 8. The van der Waals surface area contributed by atoms with Gasteiger partial charge in [0.2, 0.25) is 5.91 Å². The molecule has 2 N–H and O–H groups in total. The Morgan fingerprint density at radius 1 is 1.29 bits per heavy atom. The van der Waals surface area contributed by atoms with Crippen molar-refractivity contribution in [1.82, 2.24) is 5.32 Å². The number of carbonyl (C=O) groups excluding carboxylic acids is 1. The van der Waals surface area contributed by atoms with Gasteiger partial charge in [-0.25, -0.2) is 4.79 Å². The standard InChI is InChI=1S/C15H20ClNO3S/c1-10(2)7-13(15(19)20)17-14(18)9-21-8-11-3-5-12(16)6-4-11/h3-6,10,13H,7-9H2,1-2H3,(H,17,18)(H,19,20)/t13-/m0/s1. The molecule has 0 aliphatic carbocycles. The van der Waals surface area contributed by atoms with E-state index in [1.54, 1.807) is 12.1 Å². The summed E-state index contributed by atoms with van der Waals surface area (Å²) in [6.07, 6.45) is 0.433. The molecule has 1 atom stereocenters. The highest BCUT2D eigenvalue weighted by atomic mass is 35.5. The van der Waals surface area contributed by atoms with Crippen LogP contribution >= 0.6 is 23.4 Å². The van der Waals surface area contributed by atoms with E-state index in [1.165, 1.54) is 11.8 Å². The molecular formula is C15H20ClNO3S. The Balaban J connectivity index is 2.35. The molecule has 6 heteroatoms. The van der Waals surface area contributed by atoms with Crippen molar-refractivity contribution in [2.24, 2.45) is 5.92 Å². The number of thioether (sulfide) groups is 1. The van der Waals surface area contributed by atoms with Crippen LogP contribution in [0, 0.1) is 5.92 Å². The Morgan fingerprint density at radius 3 is 2.43 bits per heavy atom. The number of benzene rings is 1. The lowest BCUT2D eigenvalue weighted by Gasteiger charge is -2.16. The molecule has 0 bridgehead atoms. The van der Waals surface area contributed by atoms with Gasteiger partial charge in [-0.3, -0.25) is 4.79 Å². The zero-order valence-corrected chi connectivity index (χ0v) is 13.7. The van der Waals surface area contributed by atoms with Crippen LogP contribution in [0.15, 0.2) is 24.3 Å². The van der Waals surface area contributed by atoms with E-state index in [9.17, 15) is 9.59 Å². The minimum Gasteiger partial charge on any atom is -0.480 e. The molecule has 21 heavy (non-hydrogen) atoms. The first-order valence-corrected chi connectivity index (χ1v) is 8.26. The summed E-state index contributed by atoms with van der Waals surface area (Å²) in [5.41, 5.74) is 1.08. The monoisotopic (exact) mass is 329 g/mol. The van der Waals surface area contributed by atoms with Crippen LogP contribution in [-0.2, 0) is 15.3 Å². The maximum Gasteiger partial charge on any atom is 0.326 e. The lowest BCUT2D eigenvalue weighted by atomic mass is 10.0. The lowest BCUT2D eigenvalue weighted by molar-refractivity contribution is -0.141. The molecule has 0 aromatic heterocycles. The van der Waals surface area contributed by atoms with Crippen molar-refractivity contribution in [3.63, 3.8) is 0 Å². The van der Waals surface area contributed by atoms with Gasteiger partial charge in [0.25, 0.3) is 0 Å². The Kier molecular flexibility index (Phi) is 7.61. The van der Waals surface area contributed by atoms with E-state index in [1.807, 2.05) is 26.0 Å². The fraction of sp³-hybridized carbons (Fsp3) is 0.467. The molecule has 1 amide bonds. The lowest BCUT2D eigenvalue weighted by Crippen LogP contribution is -2.42. The van der Waals surface area contributed by atoms with Gasteiger partial charge in [-0.05, 0) is 30.0 Å². The molecule has 1 rings (SSSR count). The van der Waals surface area contributed by atoms with Crippen LogP contribution in [0.25, 0.3) is 0 Å². The maximum atomic E-state index is 11.8. The molecule has 0 saturated heterocycles. The smallest absolute Gasteiger partial charge is 0.326 e. The van der Waals surface area contributed by atoms with Crippen LogP contribution in [0.3, 0.4) is 0 Å². The highest BCUT2D eigenvalue weighted by Gasteiger charge is 2.20. The van der Waals surface area contributed by atoms with Gasteiger partial charge >= 0.3 is 5.97 Å². The SMILES string of the molecule is CC(C)C[C@H](NC(=O)CSCc1ccc(Cl)cc1)C(=O)O. The summed E-state index contributed by atoms with van der Waals surface area (Å²) < 4.78 is 0. The van der Waals surface area contributed by atoms with Crippen LogP contribution in [-0.4, -0.2) is 28.8 Å². The first-order chi connectivity index (χ1) is 9.88. The predicted molar refractivity (Wildman–Crippen MR) is 86.6 cm³/mol. The number of carboxylic acid groups (broad SMARTS) is 1. The summed E-state index contributed by atoms with van der Waals surface area (Å²) in [6.45, 7) is 3.86. The van der Waals surface area contributed by atoms with Crippen LogP contribution in [0.4, 0.5) is 0 Å². The van der Waals surface area contributed by atoms with Crippen molar-refractivity contribution in [2.75, 3.05) is 5.75 Å². The summed E-state index contributed by atoms with van der Waals surface area (Å²) >= 11 is 7.24. The molecule has 4 nitrogen and oxygen atoms in total. The van der Waals surface area contributed by atoms with Crippen LogP contribution in [0.2, 0.25) is 5.02 Å². The van der Waals surface area contributed by atoms with Gasteiger partial charge in [-0.1, -0.05) is 37.6 Å². The Labute approximate surface area is 134 Å². The van der Waals surface area contributed by atoms with Gasteiger partial charge < -0.3 is 10.4 Å². The number of nitrogens with one attached hydrogen (secondary N) is 1. The van der Waals surface area contributed by atoms with E-state index < -0.39 is 12.0 Å². The average molecular weight is 330 g/mol. The third kappa shape index (κ3) is 7.39. The Bertz CT molecular complexity index is 476. The van der Waals surface area contributed by atoms with Gasteiger partial charge in [0, 0.05) is 10.8 Å². The van der Waals surface area contributed by atoms with Gasteiger partial charge in [0.15, 0.2) is 0 Å². The van der Waals surface area contributed by atoms with Crippen molar-refractivity contribution >= 4 is 35.2 Å². The molecule has 116 valence electrons. The van der Waals surface area contributed by atoms with Crippen LogP contribution < -0.4 is 5.32 Å². The zero-order valence-electron chi connectivity index (χ0n) is 12.1. The number of halogens is 1. The first-order valence-electron chi connectivity index (χ1n) is 6.73. The normalized spacial score (nSPS) is 12.2. The van der Waals surface area contributed by atoms with Crippen LogP contribution in [0.1, 0.15) is 25.8 Å². The van der Waals surface area contributed by atoms with E-state index in [-0.39, 0.29) is 17.6 Å². The summed E-state index contributed by atoms with van der Waals surface area (Å²) in [5.74, 6) is -0.0910. The van der Waals surface area contributed by atoms with Gasteiger partial charge in [0.05, 0.1) is 5.75 Å². The second kappa shape index (κ2) is 8.95. The van der Waals surface area contributed by atoms with Crippen molar-refractivity contribution in [1.29, 1.82) is 0 Å². The second-order valence-corrected chi connectivity index (χ2v) is 6.63. The Hall–Kier alpha value is -1.20. The largest absolute Gasteiger partial charge is 0.480 e. The first kappa shape index (κ1) is 17.9. The molecule has 1 aromatic rings. The molecule has 0 radical (unpaired) electrons. The molecule has 0 fully saturated rings. The fourth-order valence-electron chi connectivity index (χ4n) is 1.77. The van der Waals surface area contributed by atoms with E-state index in [2.05, 4.69) is 5.32 Å². The van der Waals surface area contributed by atoms with Gasteiger partial charge in [-0.15, -0.1) is 11.8 Å². The molecular weight excluding hydrogens is 310 g/mol. The molecule has 0 unspecified atom stereocenters. The van der Waals surface area contributed by atoms with Gasteiger partial charge in [0.1, 0.15) is 6.04 Å². The van der Waals surface area contributed by atoms with Crippen molar-refractivity contribution in [3.05, 3.63) is 34.9 Å². The quantitative estimate of drug-likeness (QED) is 0.768. The minimum absolute atomic E-state index is 0.216. The zero-order chi connectivity index (χ0) is 15.8. The third-order valence-electron chi connectivity index (χ3n) is 2.76. The summed E-state index contributed by atoms with van der Waals surface area (Å²) in [7, 11) is 0. The van der Waals surface area contributed by atoms with E-state index in [0.717, 1.165) is 5.56 Å². The fourth-order valence-corrected chi connectivity index (χ4v) is 2.70. The molecule has 1 aromatic carbocycles. The molecule has 0 aliphatic heterocycles. The number of hydrogen-bond acceptors (Lipinski definition) is 3. The Morgan fingerprint density at radius 2 is 1.90 bits per heavy atom. The van der Waals surface area contributed by atoms with Crippen molar-refractivity contribution in [2.45, 2.75) is 32.1 Å². The van der Waals surface area contributed by atoms with E-state index in [0.29, 0.717) is 17.2 Å². The highest BCUT2D eigenvalue weighted by molar-refractivity contribution is 7.99. The molecule has 0 aliphatic rings. The number of carbonyl (C=O) groups is 2. The topological polar surface area (TPSA) is 66.4 Å². The molecule has 0 heterocycles. The summed E-state index contributed by atoms with van der Waals surface area (Å²) in [4.78, 5) is 22.8. The molecule has 0 saturated carbocycles. The van der Waals surface area contributed by atoms with Gasteiger partial charge in [-0.2, -0.15) is 0 Å².